The van der Waals surface area contributed by atoms with Crippen LogP contribution in [0.1, 0.15) is 52.4 Å². The lowest BCUT2D eigenvalue weighted by Gasteiger charge is -2.34. The highest BCUT2D eigenvalue weighted by Crippen LogP contribution is 2.27. The lowest BCUT2D eigenvalue weighted by atomic mass is 9.83. The summed E-state index contributed by atoms with van der Waals surface area (Å²) in [6, 6.07) is 0. The third kappa shape index (κ3) is 4.21. The van der Waals surface area contributed by atoms with Crippen LogP contribution in [-0.4, -0.2) is 24.0 Å². The van der Waals surface area contributed by atoms with E-state index in [9.17, 15) is 9.59 Å². The molecule has 0 aliphatic heterocycles. The summed E-state index contributed by atoms with van der Waals surface area (Å²) >= 11 is 0. The monoisotopic (exact) mass is 227 g/mol. The highest BCUT2D eigenvalue weighted by atomic mass is 16.5. The van der Waals surface area contributed by atoms with Crippen LogP contribution in [0.25, 0.3) is 0 Å². The second-order valence-electron chi connectivity index (χ2n) is 4.65. The standard InChI is InChI=1S/C12H21NO3/c1-3-16-11(15)9-10(14)13-12(2)7-5-4-6-8-12/h3-9H2,1-2H3,(H,13,14). The minimum atomic E-state index is -0.445. The number of esters is 1. The molecule has 0 saturated heterocycles. The van der Waals surface area contributed by atoms with Gasteiger partial charge in [-0.15, -0.1) is 0 Å². The minimum absolute atomic E-state index is 0.123. The zero-order chi connectivity index (χ0) is 12.0. The maximum absolute atomic E-state index is 11.6. The van der Waals surface area contributed by atoms with Crippen molar-refractivity contribution in [2.24, 2.45) is 0 Å². The van der Waals surface area contributed by atoms with Crippen molar-refractivity contribution in [1.82, 2.24) is 5.32 Å². The highest BCUT2D eigenvalue weighted by molar-refractivity contribution is 5.94. The third-order valence-electron chi connectivity index (χ3n) is 3.01. The molecule has 0 aromatic heterocycles. The molecular formula is C12H21NO3. The summed E-state index contributed by atoms with van der Waals surface area (Å²) in [7, 11) is 0. The molecule has 1 fully saturated rings. The number of rotatable bonds is 4. The van der Waals surface area contributed by atoms with Crippen LogP contribution in [0.5, 0.6) is 0 Å². The van der Waals surface area contributed by atoms with Crippen LogP contribution in [0.4, 0.5) is 0 Å². The summed E-state index contributed by atoms with van der Waals surface area (Å²) in [6.07, 6.45) is 5.38. The van der Waals surface area contributed by atoms with E-state index in [-0.39, 0.29) is 17.9 Å². The van der Waals surface area contributed by atoms with Gasteiger partial charge in [-0.1, -0.05) is 19.3 Å². The van der Waals surface area contributed by atoms with Gasteiger partial charge in [-0.25, -0.2) is 0 Å². The van der Waals surface area contributed by atoms with Gasteiger partial charge < -0.3 is 10.1 Å². The van der Waals surface area contributed by atoms with Gasteiger partial charge in [0.2, 0.25) is 5.91 Å². The van der Waals surface area contributed by atoms with Crippen molar-refractivity contribution in [2.75, 3.05) is 6.61 Å². The normalized spacial score (nSPS) is 18.9. The second kappa shape index (κ2) is 5.87. The number of ether oxygens (including phenoxy) is 1. The molecule has 1 amide bonds. The van der Waals surface area contributed by atoms with Crippen LogP contribution in [0.15, 0.2) is 0 Å². The molecule has 4 heteroatoms. The largest absolute Gasteiger partial charge is 0.466 e. The molecule has 0 atom stereocenters. The van der Waals surface area contributed by atoms with Gasteiger partial charge in [-0.05, 0) is 26.7 Å². The summed E-state index contributed by atoms with van der Waals surface area (Å²) < 4.78 is 4.73. The van der Waals surface area contributed by atoms with Gasteiger partial charge in [0, 0.05) is 5.54 Å². The molecule has 1 N–H and O–H groups in total. The molecule has 16 heavy (non-hydrogen) atoms. The predicted octanol–water partition coefficient (Wildman–Crippen LogP) is 1.78. The van der Waals surface area contributed by atoms with Gasteiger partial charge in [0.15, 0.2) is 0 Å². The van der Waals surface area contributed by atoms with E-state index in [0.29, 0.717) is 6.61 Å². The lowest BCUT2D eigenvalue weighted by Crippen LogP contribution is -2.47. The Morgan fingerprint density at radius 2 is 1.88 bits per heavy atom. The van der Waals surface area contributed by atoms with Gasteiger partial charge in [0.05, 0.1) is 6.61 Å². The van der Waals surface area contributed by atoms with E-state index < -0.39 is 5.97 Å². The molecule has 0 heterocycles. The Morgan fingerprint density at radius 1 is 1.25 bits per heavy atom. The van der Waals surface area contributed by atoms with Gasteiger partial charge in [0.25, 0.3) is 0 Å². The number of hydrogen-bond donors (Lipinski definition) is 1. The van der Waals surface area contributed by atoms with Gasteiger partial charge in [0.1, 0.15) is 6.42 Å². The molecule has 0 aromatic rings. The quantitative estimate of drug-likeness (QED) is 0.588. The number of hydrogen-bond acceptors (Lipinski definition) is 3. The Balaban J connectivity index is 2.35. The summed E-state index contributed by atoms with van der Waals surface area (Å²) in [5, 5.41) is 2.94. The lowest BCUT2D eigenvalue weighted by molar-refractivity contribution is -0.146. The molecule has 4 nitrogen and oxygen atoms in total. The first-order valence-electron chi connectivity index (χ1n) is 6.02. The first kappa shape index (κ1) is 13.0. The first-order valence-corrected chi connectivity index (χ1v) is 6.02. The zero-order valence-electron chi connectivity index (χ0n) is 10.2. The van der Waals surface area contributed by atoms with Crippen LogP contribution >= 0.6 is 0 Å². The van der Waals surface area contributed by atoms with Gasteiger partial charge in [-0.2, -0.15) is 0 Å². The fourth-order valence-electron chi connectivity index (χ4n) is 2.18. The highest BCUT2D eigenvalue weighted by Gasteiger charge is 2.28. The summed E-state index contributed by atoms with van der Waals surface area (Å²) in [4.78, 5) is 22.7. The van der Waals surface area contributed by atoms with E-state index in [1.165, 1.54) is 6.42 Å². The maximum atomic E-state index is 11.6. The Kier molecular flexibility index (Phi) is 4.77. The zero-order valence-corrected chi connectivity index (χ0v) is 10.2. The molecule has 92 valence electrons. The molecule has 1 aliphatic carbocycles. The van der Waals surface area contributed by atoms with Crippen molar-refractivity contribution in [3.05, 3.63) is 0 Å². The molecule has 1 rings (SSSR count). The van der Waals surface area contributed by atoms with Crippen molar-refractivity contribution < 1.29 is 14.3 Å². The summed E-state index contributed by atoms with van der Waals surface area (Å²) in [5.41, 5.74) is -0.123. The summed E-state index contributed by atoms with van der Waals surface area (Å²) in [6.45, 7) is 4.11. The van der Waals surface area contributed by atoms with Gasteiger partial charge in [-0.3, -0.25) is 9.59 Å². The molecular weight excluding hydrogens is 206 g/mol. The number of carbonyl (C=O) groups is 2. The van der Waals surface area contributed by atoms with Crippen LogP contribution < -0.4 is 5.32 Å². The van der Waals surface area contributed by atoms with Crippen molar-refractivity contribution in [2.45, 2.75) is 57.9 Å². The van der Waals surface area contributed by atoms with E-state index in [1.54, 1.807) is 6.92 Å². The maximum Gasteiger partial charge on any atom is 0.315 e. The fourth-order valence-corrected chi connectivity index (χ4v) is 2.18. The van der Waals surface area contributed by atoms with Gasteiger partial charge >= 0.3 is 5.97 Å². The Morgan fingerprint density at radius 3 is 2.44 bits per heavy atom. The van der Waals surface area contributed by atoms with Crippen LogP contribution in [0.3, 0.4) is 0 Å². The average molecular weight is 227 g/mol. The Labute approximate surface area is 96.7 Å². The SMILES string of the molecule is CCOC(=O)CC(=O)NC1(C)CCCCC1. The van der Waals surface area contributed by atoms with E-state index in [4.69, 9.17) is 4.74 Å². The number of amides is 1. The number of nitrogens with one attached hydrogen (secondary N) is 1. The topological polar surface area (TPSA) is 55.4 Å². The minimum Gasteiger partial charge on any atom is -0.466 e. The molecule has 0 radical (unpaired) electrons. The van der Waals surface area contributed by atoms with E-state index in [2.05, 4.69) is 12.2 Å². The summed E-state index contributed by atoms with van der Waals surface area (Å²) in [5.74, 6) is -0.665. The Bertz CT molecular complexity index is 257. The van der Waals surface area contributed by atoms with Crippen molar-refractivity contribution in [3.8, 4) is 0 Å². The van der Waals surface area contributed by atoms with Crippen molar-refractivity contribution in [3.63, 3.8) is 0 Å². The molecule has 0 bridgehead atoms. The first-order chi connectivity index (χ1) is 7.56. The average Bonchev–Trinajstić information content (AvgIpc) is 2.17. The fraction of sp³-hybridized carbons (Fsp3) is 0.833. The van der Waals surface area contributed by atoms with Crippen LogP contribution in [0, 0.1) is 0 Å². The predicted molar refractivity (Wildman–Crippen MR) is 60.9 cm³/mol. The van der Waals surface area contributed by atoms with Crippen molar-refractivity contribution in [1.29, 1.82) is 0 Å². The third-order valence-corrected chi connectivity index (χ3v) is 3.01. The molecule has 0 aromatic carbocycles. The molecule has 1 saturated carbocycles. The second-order valence-corrected chi connectivity index (χ2v) is 4.65. The van der Waals surface area contributed by atoms with Crippen molar-refractivity contribution >= 4 is 11.9 Å². The molecule has 1 aliphatic rings. The van der Waals surface area contributed by atoms with Crippen LogP contribution in [-0.2, 0) is 14.3 Å². The smallest absolute Gasteiger partial charge is 0.315 e. The van der Waals surface area contributed by atoms with E-state index in [1.807, 2.05) is 0 Å². The van der Waals surface area contributed by atoms with Crippen LogP contribution in [0.2, 0.25) is 0 Å². The number of carbonyl (C=O) groups excluding carboxylic acids is 2. The van der Waals surface area contributed by atoms with E-state index in [0.717, 1.165) is 25.7 Å². The van der Waals surface area contributed by atoms with E-state index >= 15 is 0 Å². The molecule has 0 spiro atoms. The molecule has 0 unspecified atom stereocenters. The Hall–Kier alpha value is -1.06.